The van der Waals surface area contributed by atoms with Crippen LogP contribution in [-0.2, 0) is 19.6 Å². The van der Waals surface area contributed by atoms with Gasteiger partial charge in [0.25, 0.3) is 10.0 Å². The fraction of sp³-hybridized carbons (Fsp3) is 0.231. The molecule has 202 valence electrons. The lowest BCUT2D eigenvalue weighted by molar-refractivity contribution is -0.114. The highest BCUT2D eigenvalue weighted by atomic mass is 35.5. The Labute approximate surface area is 226 Å². The second kappa shape index (κ2) is 12.1. The summed E-state index contributed by atoms with van der Waals surface area (Å²) in [7, 11) is 1.07. The minimum atomic E-state index is -4.36. The number of ether oxygens (including phenoxy) is 4. The molecule has 0 radical (unpaired) electrons. The number of carbonyl (C=O) groups is 2. The van der Waals surface area contributed by atoms with Gasteiger partial charge in [0.2, 0.25) is 5.91 Å². The Morgan fingerprint density at radius 2 is 1.55 bits per heavy atom. The van der Waals surface area contributed by atoms with E-state index in [0.717, 1.165) is 4.31 Å². The summed E-state index contributed by atoms with van der Waals surface area (Å²) in [6, 6.07) is 13.2. The number of amides is 1. The van der Waals surface area contributed by atoms with Gasteiger partial charge < -0.3 is 24.3 Å². The first-order chi connectivity index (χ1) is 18.1. The molecule has 0 fully saturated rings. The minimum Gasteiger partial charge on any atom is -0.495 e. The fourth-order valence-corrected chi connectivity index (χ4v) is 5.29. The Morgan fingerprint density at radius 3 is 2.18 bits per heavy atom. The first-order valence-corrected chi connectivity index (χ1v) is 12.9. The first-order valence-electron chi connectivity index (χ1n) is 11.1. The van der Waals surface area contributed by atoms with Crippen LogP contribution in [0.1, 0.15) is 15.9 Å². The average molecular weight is 563 g/mol. The molecule has 3 aromatic carbocycles. The molecular formula is C26H27ClN2O8S. The molecule has 0 saturated carbocycles. The molecule has 12 heteroatoms. The number of nitrogens with zero attached hydrogens (tertiary/aromatic N) is 1. The SMILES string of the molecule is COC(=O)c1cccc(NC(=O)CN(c2cc(Cl)ccc2OC)S(=O)(=O)c2ccc(OC)c(OC)c2)c1C. The van der Waals surface area contributed by atoms with Crippen LogP contribution in [0.25, 0.3) is 0 Å². The van der Waals surface area contributed by atoms with E-state index in [4.69, 9.17) is 30.5 Å². The topological polar surface area (TPSA) is 120 Å². The number of hydrogen-bond donors (Lipinski definition) is 1. The van der Waals surface area contributed by atoms with Crippen molar-refractivity contribution in [1.82, 2.24) is 0 Å². The van der Waals surface area contributed by atoms with Gasteiger partial charge in [0.05, 0.1) is 44.6 Å². The third-order valence-corrected chi connectivity index (χ3v) is 7.64. The molecule has 3 rings (SSSR count). The summed E-state index contributed by atoms with van der Waals surface area (Å²) in [6.45, 7) is 0.995. The summed E-state index contributed by atoms with van der Waals surface area (Å²) >= 11 is 6.19. The lowest BCUT2D eigenvalue weighted by Crippen LogP contribution is -2.38. The zero-order chi connectivity index (χ0) is 28.0. The largest absolute Gasteiger partial charge is 0.495 e. The van der Waals surface area contributed by atoms with Gasteiger partial charge in [0, 0.05) is 16.8 Å². The highest BCUT2D eigenvalue weighted by Crippen LogP contribution is 2.37. The maximum Gasteiger partial charge on any atom is 0.338 e. The molecule has 0 saturated heterocycles. The fourth-order valence-electron chi connectivity index (χ4n) is 3.68. The number of anilines is 2. The van der Waals surface area contributed by atoms with E-state index in [2.05, 4.69) is 5.32 Å². The molecular weight excluding hydrogens is 536 g/mol. The van der Waals surface area contributed by atoms with E-state index in [9.17, 15) is 18.0 Å². The number of rotatable bonds is 10. The first kappa shape index (κ1) is 28.6. The van der Waals surface area contributed by atoms with Crippen LogP contribution in [0.2, 0.25) is 5.02 Å². The smallest absolute Gasteiger partial charge is 0.338 e. The molecule has 1 N–H and O–H groups in total. The lowest BCUT2D eigenvalue weighted by Gasteiger charge is -2.26. The van der Waals surface area contributed by atoms with Gasteiger partial charge in [-0.25, -0.2) is 13.2 Å². The van der Waals surface area contributed by atoms with Gasteiger partial charge in [0.15, 0.2) is 11.5 Å². The highest BCUT2D eigenvalue weighted by Gasteiger charge is 2.31. The van der Waals surface area contributed by atoms with Gasteiger partial charge in [-0.1, -0.05) is 17.7 Å². The number of halogens is 1. The molecule has 0 atom stereocenters. The van der Waals surface area contributed by atoms with E-state index in [-0.39, 0.29) is 32.7 Å². The Balaban J connectivity index is 2.08. The Kier molecular flexibility index (Phi) is 9.08. The van der Waals surface area contributed by atoms with Gasteiger partial charge in [0.1, 0.15) is 12.3 Å². The van der Waals surface area contributed by atoms with Crippen molar-refractivity contribution in [3.05, 3.63) is 70.7 Å². The molecule has 38 heavy (non-hydrogen) atoms. The zero-order valence-electron chi connectivity index (χ0n) is 21.4. The number of benzene rings is 3. The standard InChI is InChI=1S/C26H27ClN2O8S/c1-16-19(26(31)37-5)7-6-8-20(16)28-25(30)15-29(21-13-17(27)9-11-22(21)34-2)38(32,33)18-10-12-23(35-3)24(14-18)36-4/h6-14H,15H2,1-5H3,(H,28,30). The maximum atomic E-state index is 13.9. The quantitative estimate of drug-likeness (QED) is 0.363. The third kappa shape index (κ3) is 5.95. The Bertz CT molecular complexity index is 1460. The molecule has 0 aliphatic carbocycles. The second-order valence-corrected chi connectivity index (χ2v) is 10.2. The summed E-state index contributed by atoms with van der Waals surface area (Å²) in [5.41, 5.74) is 1.09. The zero-order valence-corrected chi connectivity index (χ0v) is 23.0. The Hall–Kier alpha value is -3.96. The predicted octanol–water partition coefficient (Wildman–Crippen LogP) is 4.29. The van der Waals surface area contributed by atoms with Crippen molar-refractivity contribution in [2.75, 3.05) is 44.6 Å². The number of nitrogens with one attached hydrogen (secondary N) is 1. The van der Waals surface area contributed by atoms with Crippen LogP contribution in [-0.4, -0.2) is 55.3 Å². The van der Waals surface area contributed by atoms with Crippen molar-refractivity contribution in [3.8, 4) is 17.2 Å². The van der Waals surface area contributed by atoms with Crippen molar-refractivity contribution in [2.24, 2.45) is 0 Å². The van der Waals surface area contributed by atoms with Gasteiger partial charge in [-0.05, 0) is 55.0 Å². The van der Waals surface area contributed by atoms with Gasteiger partial charge in [-0.3, -0.25) is 9.10 Å². The monoisotopic (exact) mass is 562 g/mol. The molecule has 0 aliphatic heterocycles. The van der Waals surface area contributed by atoms with Crippen molar-refractivity contribution in [3.63, 3.8) is 0 Å². The third-order valence-electron chi connectivity index (χ3n) is 5.65. The maximum absolute atomic E-state index is 13.9. The number of methoxy groups -OCH3 is 4. The van der Waals surface area contributed by atoms with E-state index >= 15 is 0 Å². The van der Waals surface area contributed by atoms with Crippen molar-refractivity contribution in [1.29, 1.82) is 0 Å². The van der Waals surface area contributed by atoms with Crippen molar-refractivity contribution >= 4 is 44.9 Å². The summed E-state index contributed by atoms with van der Waals surface area (Å²) < 4.78 is 49.3. The van der Waals surface area contributed by atoms with Crippen molar-refractivity contribution in [2.45, 2.75) is 11.8 Å². The number of esters is 1. The van der Waals surface area contributed by atoms with Crippen LogP contribution < -0.4 is 23.8 Å². The molecule has 1 amide bonds. The molecule has 0 aliphatic rings. The molecule has 10 nitrogen and oxygen atoms in total. The molecule has 0 spiro atoms. The summed E-state index contributed by atoms with van der Waals surface area (Å²) in [4.78, 5) is 25.1. The van der Waals surface area contributed by atoms with Crippen LogP contribution in [0.4, 0.5) is 11.4 Å². The summed E-state index contributed by atoms with van der Waals surface area (Å²) in [5, 5.41) is 2.91. The number of carbonyl (C=O) groups excluding carboxylic acids is 2. The number of sulfonamides is 1. The summed E-state index contributed by atoms with van der Waals surface area (Å²) in [5.74, 6) is -0.556. The van der Waals surface area contributed by atoms with E-state index in [1.165, 1.54) is 64.8 Å². The van der Waals surface area contributed by atoms with Gasteiger partial charge >= 0.3 is 5.97 Å². The average Bonchev–Trinajstić information content (AvgIpc) is 2.91. The molecule has 0 aromatic heterocycles. The molecule has 0 heterocycles. The lowest BCUT2D eigenvalue weighted by atomic mass is 10.1. The van der Waals surface area contributed by atoms with Crippen LogP contribution in [0.5, 0.6) is 17.2 Å². The van der Waals surface area contributed by atoms with Crippen molar-refractivity contribution < 1.29 is 37.0 Å². The highest BCUT2D eigenvalue weighted by molar-refractivity contribution is 7.92. The molecule has 0 unspecified atom stereocenters. The Morgan fingerprint density at radius 1 is 0.895 bits per heavy atom. The number of hydrogen-bond acceptors (Lipinski definition) is 8. The van der Waals surface area contributed by atoms with E-state index < -0.39 is 28.4 Å². The molecule has 0 bridgehead atoms. The van der Waals surface area contributed by atoms with Crippen LogP contribution in [0.3, 0.4) is 0 Å². The van der Waals surface area contributed by atoms with E-state index in [1.807, 2.05) is 0 Å². The normalized spacial score (nSPS) is 10.9. The van der Waals surface area contributed by atoms with Crippen LogP contribution in [0.15, 0.2) is 59.5 Å². The molecule has 3 aromatic rings. The van der Waals surface area contributed by atoms with Crippen LogP contribution >= 0.6 is 11.6 Å². The minimum absolute atomic E-state index is 0.0463. The van der Waals surface area contributed by atoms with Gasteiger partial charge in [-0.2, -0.15) is 0 Å². The predicted molar refractivity (Wildman–Crippen MR) is 143 cm³/mol. The second-order valence-electron chi connectivity index (χ2n) is 7.86. The summed E-state index contributed by atoms with van der Waals surface area (Å²) in [6.07, 6.45) is 0. The van der Waals surface area contributed by atoms with Crippen LogP contribution in [0, 0.1) is 6.92 Å². The van der Waals surface area contributed by atoms with E-state index in [0.29, 0.717) is 17.0 Å². The van der Waals surface area contributed by atoms with Gasteiger partial charge in [-0.15, -0.1) is 0 Å². The van der Waals surface area contributed by atoms with E-state index in [1.54, 1.807) is 25.1 Å².